The molecule has 0 saturated heterocycles. The maximum absolute atomic E-state index is 13.6. The number of alkyl halides is 1. The van der Waals surface area contributed by atoms with Crippen LogP contribution in [0.2, 0.25) is 0 Å². The van der Waals surface area contributed by atoms with Gasteiger partial charge in [-0.1, -0.05) is 24.3 Å². The van der Waals surface area contributed by atoms with Crippen molar-refractivity contribution in [3.8, 4) is 0 Å². The summed E-state index contributed by atoms with van der Waals surface area (Å²) < 4.78 is 13.6. The summed E-state index contributed by atoms with van der Waals surface area (Å²) in [6.45, 7) is 1.84. The maximum atomic E-state index is 13.6. The Morgan fingerprint density at radius 3 is 2.25 bits per heavy atom. The Morgan fingerprint density at radius 2 is 1.65 bits per heavy atom. The van der Waals surface area contributed by atoms with Crippen molar-refractivity contribution in [1.82, 2.24) is 0 Å². The fourth-order valence-electron chi connectivity index (χ4n) is 2.82. The van der Waals surface area contributed by atoms with E-state index in [9.17, 15) is 4.39 Å². The number of rotatable bonds is 2. The molecule has 0 radical (unpaired) electrons. The van der Waals surface area contributed by atoms with Gasteiger partial charge < -0.3 is 4.90 Å². The number of hydrogen-bond donors (Lipinski definition) is 0. The van der Waals surface area contributed by atoms with Gasteiger partial charge in [0, 0.05) is 24.7 Å². The lowest BCUT2D eigenvalue weighted by Gasteiger charge is -2.23. The third-order valence-corrected chi connectivity index (χ3v) is 4.19. The van der Waals surface area contributed by atoms with Gasteiger partial charge in [-0.05, 0) is 47.7 Å². The van der Waals surface area contributed by atoms with Crippen molar-refractivity contribution in [3.05, 3.63) is 65.0 Å². The molecule has 0 aliphatic carbocycles. The molecule has 0 fully saturated rings. The zero-order valence-electron chi connectivity index (χ0n) is 11.3. The van der Waals surface area contributed by atoms with E-state index in [2.05, 4.69) is 29.2 Å². The van der Waals surface area contributed by atoms with Crippen LogP contribution in [0.25, 0.3) is 0 Å². The minimum Gasteiger partial charge on any atom is -0.371 e. The molecule has 0 bridgehead atoms. The Balaban J connectivity index is 1.85. The number of benzene rings is 2. The van der Waals surface area contributed by atoms with E-state index >= 15 is 0 Å². The van der Waals surface area contributed by atoms with Gasteiger partial charge in [-0.3, -0.25) is 0 Å². The van der Waals surface area contributed by atoms with Crippen LogP contribution in [0.1, 0.15) is 16.7 Å². The first-order valence-electron chi connectivity index (χ1n) is 6.93. The van der Waals surface area contributed by atoms with Crippen molar-refractivity contribution >= 4 is 17.3 Å². The normalized spacial score (nSPS) is 14.8. The van der Waals surface area contributed by atoms with E-state index < -0.39 is 0 Å². The molecule has 104 valence electrons. The van der Waals surface area contributed by atoms with E-state index in [0.717, 1.165) is 37.2 Å². The monoisotopic (exact) mass is 289 g/mol. The zero-order valence-corrected chi connectivity index (χ0v) is 12.0. The van der Waals surface area contributed by atoms with Gasteiger partial charge >= 0.3 is 0 Å². The van der Waals surface area contributed by atoms with Crippen molar-refractivity contribution in [2.24, 2.45) is 0 Å². The summed E-state index contributed by atoms with van der Waals surface area (Å²) in [4.78, 5) is 2.25. The molecule has 1 aliphatic heterocycles. The Kier molecular flexibility index (Phi) is 3.93. The van der Waals surface area contributed by atoms with Crippen LogP contribution < -0.4 is 4.90 Å². The van der Waals surface area contributed by atoms with E-state index in [4.69, 9.17) is 11.6 Å². The number of halogens is 2. The van der Waals surface area contributed by atoms with Crippen LogP contribution in [-0.2, 0) is 18.7 Å². The second kappa shape index (κ2) is 5.84. The van der Waals surface area contributed by atoms with Gasteiger partial charge in [0.05, 0.1) is 0 Å². The quantitative estimate of drug-likeness (QED) is 0.750. The van der Waals surface area contributed by atoms with Crippen molar-refractivity contribution in [3.63, 3.8) is 0 Å². The lowest BCUT2D eigenvalue weighted by Crippen LogP contribution is -2.26. The highest BCUT2D eigenvalue weighted by Gasteiger charge is 2.15. The average Bonchev–Trinajstić information content (AvgIpc) is 2.69. The summed E-state index contributed by atoms with van der Waals surface area (Å²) in [6.07, 6.45) is 2.01. The SMILES string of the molecule is Fc1cc(CCl)cc(N2CCc3ccccc3CC2)c1. The van der Waals surface area contributed by atoms with Crippen LogP contribution >= 0.6 is 11.6 Å². The molecule has 3 heteroatoms. The van der Waals surface area contributed by atoms with E-state index in [1.54, 1.807) is 6.07 Å². The first-order chi connectivity index (χ1) is 9.76. The average molecular weight is 290 g/mol. The van der Waals surface area contributed by atoms with Crippen LogP contribution in [0.5, 0.6) is 0 Å². The lowest BCUT2D eigenvalue weighted by molar-refractivity contribution is 0.625. The Morgan fingerprint density at radius 1 is 1.00 bits per heavy atom. The summed E-state index contributed by atoms with van der Waals surface area (Å²) in [7, 11) is 0. The minimum absolute atomic E-state index is 0.208. The van der Waals surface area contributed by atoms with Crippen LogP contribution in [-0.4, -0.2) is 13.1 Å². The van der Waals surface area contributed by atoms with Crippen LogP contribution in [0, 0.1) is 5.82 Å². The molecule has 1 nitrogen and oxygen atoms in total. The van der Waals surface area contributed by atoms with Crippen molar-refractivity contribution in [2.75, 3.05) is 18.0 Å². The van der Waals surface area contributed by atoms with E-state index in [1.807, 2.05) is 6.07 Å². The van der Waals surface area contributed by atoms with Crippen molar-refractivity contribution in [2.45, 2.75) is 18.7 Å². The fraction of sp³-hybridized carbons (Fsp3) is 0.294. The third-order valence-electron chi connectivity index (χ3n) is 3.88. The summed E-state index contributed by atoms with van der Waals surface area (Å²) in [5.74, 6) is 0.138. The summed E-state index contributed by atoms with van der Waals surface area (Å²) >= 11 is 5.83. The Hall–Kier alpha value is -1.54. The molecular formula is C17H17ClFN. The number of hydrogen-bond acceptors (Lipinski definition) is 1. The van der Waals surface area contributed by atoms with Crippen molar-refractivity contribution < 1.29 is 4.39 Å². The second-order valence-corrected chi connectivity index (χ2v) is 5.47. The van der Waals surface area contributed by atoms with Crippen LogP contribution in [0.15, 0.2) is 42.5 Å². The molecule has 2 aromatic rings. The van der Waals surface area contributed by atoms with Gasteiger partial charge in [-0.25, -0.2) is 4.39 Å². The molecule has 20 heavy (non-hydrogen) atoms. The van der Waals surface area contributed by atoms with Gasteiger partial charge in [0.15, 0.2) is 0 Å². The van der Waals surface area contributed by atoms with Crippen molar-refractivity contribution in [1.29, 1.82) is 0 Å². The molecule has 1 aliphatic rings. The zero-order chi connectivity index (χ0) is 13.9. The third kappa shape index (κ3) is 2.80. The van der Waals surface area contributed by atoms with E-state index in [0.29, 0.717) is 5.88 Å². The predicted octanol–water partition coefficient (Wildman–Crippen LogP) is 4.17. The largest absolute Gasteiger partial charge is 0.371 e. The molecule has 0 saturated carbocycles. The van der Waals surface area contributed by atoms with Gasteiger partial charge in [0.25, 0.3) is 0 Å². The molecule has 0 N–H and O–H groups in total. The molecule has 0 spiro atoms. The molecule has 0 amide bonds. The summed E-state index contributed by atoms with van der Waals surface area (Å²) in [6, 6.07) is 13.6. The first-order valence-corrected chi connectivity index (χ1v) is 7.47. The number of fused-ring (bicyclic) bond motifs is 1. The summed E-state index contributed by atoms with van der Waals surface area (Å²) in [5.41, 5.74) is 4.59. The Bertz CT molecular complexity index is 585. The van der Waals surface area contributed by atoms with Gasteiger partial charge in [0.1, 0.15) is 5.82 Å². The van der Waals surface area contributed by atoms with Gasteiger partial charge in [-0.15, -0.1) is 11.6 Å². The number of nitrogens with zero attached hydrogens (tertiary/aromatic N) is 1. The molecule has 1 heterocycles. The molecule has 2 aromatic carbocycles. The molecule has 0 aromatic heterocycles. The topological polar surface area (TPSA) is 3.24 Å². The van der Waals surface area contributed by atoms with Gasteiger partial charge in [-0.2, -0.15) is 0 Å². The van der Waals surface area contributed by atoms with Crippen LogP contribution in [0.3, 0.4) is 0 Å². The van der Waals surface area contributed by atoms with Gasteiger partial charge in [0.2, 0.25) is 0 Å². The highest BCUT2D eigenvalue weighted by molar-refractivity contribution is 6.17. The molecule has 0 unspecified atom stereocenters. The Labute approximate surface area is 124 Å². The fourth-order valence-corrected chi connectivity index (χ4v) is 2.97. The van der Waals surface area contributed by atoms with E-state index in [-0.39, 0.29) is 5.82 Å². The maximum Gasteiger partial charge on any atom is 0.125 e. The summed E-state index contributed by atoms with van der Waals surface area (Å²) in [5, 5.41) is 0. The molecular weight excluding hydrogens is 273 g/mol. The van der Waals surface area contributed by atoms with E-state index in [1.165, 1.54) is 17.2 Å². The lowest BCUT2D eigenvalue weighted by atomic mass is 10.0. The number of anilines is 1. The standard InChI is InChI=1S/C17H17ClFN/c18-12-13-9-16(19)11-17(10-13)20-7-5-14-3-1-2-4-15(14)6-8-20/h1-4,9-11H,5-8,12H2. The van der Waals surface area contributed by atoms with Crippen LogP contribution in [0.4, 0.5) is 10.1 Å². The predicted molar refractivity (Wildman–Crippen MR) is 82.0 cm³/mol. The second-order valence-electron chi connectivity index (χ2n) is 5.21. The first kappa shape index (κ1) is 13.4. The smallest absolute Gasteiger partial charge is 0.125 e. The molecule has 0 atom stereocenters. The minimum atomic E-state index is -0.208. The highest BCUT2D eigenvalue weighted by atomic mass is 35.5. The highest BCUT2D eigenvalue weighted by Crippen LogP contribution is 2.23. The molecule has 3 rings (SSSR count).